The van der Waals surface area contributed by atoms with E-state index >= 15 is 0 Å². The Hall–Kier alpha value is -2.58. The number of fused-ring (bicyclic) bond motifs is 1. The van der Waals surface area contributed by atoms with E-state index < -0.39 is 36.7 Å². The molecule has 0 unspecified atom stereocenters. The first-order valence-corrected chi connectivity index (χ1v) is 10.5. The summed E-state index contributed by atoms with van der Waals surface area (Å²) in [5.74, 6) is -0.461. The van der Waals surface area contributed by atoms with Crippen molar-refractivity contribution >= 4 is 11.8 Å². The molecule has 7 heteroatoms. The standard InChI is InChI=1S/C24H26O7/c25-18(17-10-5-2-6-11-17)12-7-13-20(27)30-23-22-21(19(26)15-28-22)31-24(23)29-14-16-8-3-1-4-9-16/h1-6,8-11,19,21-24,26H,7,12-15H2/t19-,21-,22+,23-,24+/m1/s1. The van der Waals surface area contributed by atoms with Gasteiger partial charge in [-0.2, -0.15) is 0 Å². The van der Waals surface area contributed by atoms with Gasteiger partial charge in [0.1, 0.15) is 18.3 Å². The number of aliphatic hydroxyl groups is 1. The summed E-state index contributed by atoms with van der Waals surface area (Å²) in [4.78, 5) is 24.6. The largest absolute Gasteiger partial charge is 0.454 e. The van der Waals surface area contributed by atoms with Crippen LogP contribution in [0.5, 0.6) is 0 Å². The average molecular weight is 426 g/mol. The van der Waals surface area contributed by atoms with Gasteiger partial charge < -0.3 is 24.1 Å². The lowest BCUT2D eigenvalue weighted by Gasteiger charge is -2.22. The van der Waals surface area contributed by atoms with Gasteiger partial charge in [0.15, 0.2) is 18.2 Å². The van der Waals surface area contributed by atoms with Gasteiger partial charge in [0.25, 0.3) is 0 Å². The molecule has 164 valence electrons. The van der Waals surface area contributed by atoms with Crippen LogP contribution >= 0.6 is 0 Å². The first kappa shape index (κ1) is 21.6. The Morgan fingerprint density at radius 1 is 0.968 bits per heavy atom. The summed E-state index contributed by atoms with van der Waals surface area (Å²) < 4.78 is 22.9. The van der Waals surface area contributed by atoms with Crippen molar-refractivity contribution in [1.82, 2.24) is 0 Å². The van der Waals surface area contributed by atoms with Crippen LogP contribution in [-0.4, -0.2) is 54.2 Å². The van der Waals surface area contributed by atoms with Gasteiger partial charge in [-0.15, -0.1) is 0 Å². The first-order chi connectivity index (χ1) is 15.1. The van der Waals surface area contributed by atoms with Gasteiger partial charge in [-0.3, -0.25) is 9.59 Å². The van der Waals surface area contributed by atoms with Crippen LogP contribution in [0.4, 0.5) is 0 Å². The molecule has 2 aromatic rings. The van der Waals surface area contributed by atoms with Crippen molar-refractivity contribution in [2.24, 2.45) is 0 Å². The number of esters is 1. The lowest BCUT2D eigenvalue weighted by Crippen LogP contribution is -2.38. The summed E-state index contributed by atoms with van der Waals surface area (Å²) in [5.41, 5.74) is 1.58. The van der Waals surface area contributed by atoms with Crippen LogP contribution in [-0.2, 0) is 30.3 Å². The number of hydrogen-bond acceptors (Lipinski definition) is 7. The molecule has 2 fully saturated rings. The molecule has 0 aromatic heterocycles. The van der Waals surface area contributed by atoms with Gasteiger partial charge >= 0.3 is 5.97 Å². The van der Waals surface area contributed by atoms with E-state index in [1.165, 1.54) is 0 Å². The van der Waals surface area contributed by atoms with Crippen molar-refractivity contribution in [3.05, 3.63) is 71.8 Å². The number of hydrogen-bond donors (Lipinski definition) is 1. The molecule has 4 rings (SSSR count). The molecule has 0 radical (unpaired) electrons. The number of aliphatic hydroxyl groups excluding tert-OH is 1. The van der Waals surface area contributed by atoms with Crippen molar-refractivity contribution in [2.45, 2.75) is 56.6 Å². The SMILES string of the molecule is O=C(CCCC(=O)c1ccccc1)O[C@H]1[C@@H](OCc2ccccc2)O[C@H]2[C@@H]1OC[C@H]2O. The van der Waals surface area contributed by atoms with Gasteiger partial charge in [0.05, 0.1) is 13.2 Å². The molecular weight excluding hydrogens is 400 g/mol. The minimum atomic E-state index is -0.833. The third-order valence-electron chi connectivity index (χ3n) is 5.45. The summed E-state index contributed by atoms with van der Waals surface area (Å²) in [5, 5.41) is 10.1. The zero-order valence-corrected chi connectivity index (χ0v) is 17.1. The van der Waals surface area contributed by atoms with Crippen molar-refractivity contribution in [3.8, 4) is 0 Å². The maximum absolute atomic E-state index is 12.4. The van der Waals surface area contributed by atoms with Gasteiger partial charge in [-0.25, -0.2) is 0 Å². The fraction of sp³-hybridized carbons (Fsp3) is 0.417. The van der Waals surface area contributed by atoms with Crippen LogP contribution in [0, 0.1) is 0 Å². The molecule has 5 atom stereocenters. The lowest BCUT2D eigenvalue weighted by molar-refractivity contribution is -0.202. The number of rotatable bonds is 9. The number of ketones is 1. The molecule has 31 heavy (non-hydrogen) atoms. The number of benzene rings is 2. The second-order valence-corrected chi connectivity index (χ2v) is 7.73. The van der Waals surface area contributed by atoms with Gasteiger partial charge in [-0.05, 0) is 12.0 Å². The summed E-state index contributed by atoms with van der Waals surface area (Å²) in [6.07, 6.45) is -2.84. The topological polar surface area (TPSA) is 91.3 Å². The highest BCUT2D eigenvalue weighted by atomic mass is 16.7. The predicted octanol–water partition coefficient (Wildman–Crippen LogP) is 2.65. The number of Topliss-reactive ketones (excluding diaryl/α,β-unsaturated/α-hetero) is 1. The van der Waals surface area contributed by atoms with Crippen LogP contribution in [0.1, 0.15) is 35.2 Å². The predicted molar refractivity (Wildman–Crippen MR) is 110 cm³/mol. The van der Waals surface area contributed by atoms with E-state index in [9.17, 15) is 14.7 Å². The minimum Gasteiger partial charge on any atom is -0.454 e. The Balaban J connectivity index is 1.30. The second kappa shape index (κ2) is 10.2. The molecule has 2 aliphatic rings. The van der Waals surface area contributed by atoms with Crippen molar-refractivity contribution in [1.29, 1.82) is 0 Å². The summed E-state index contributed by atoms with van der Waals surface area (Å²) in [6.45, 7) is 0.404. The van der Waals surface area contributed by atoms with Crippen molar-refractivity contribution in [2.75, 3.05) is 6.61 Å². The smallest absolute Gasteiger partial charge is 0.306 e. The quantitative estimate of drug-likeness (QED) is 0.487. The maximum atomic E-state index is 12.4. The Labute approximate surface area is 180 Å². The molecule has 0 spiro atoms. The average Bonchev–Trinajstić information content (AvgIpc) is 3.33. The highest BCUT2D eigenvalue weighted by Crippen LogP contribution is 2.34. The molecule has 0 saturated carbocycles. The highest BCUT2D eigenvalue weighted by molar-refractivity contribution is 5.96. The summed E-state index contributed by atoms with van der Waals surface area (Å²) >= 11 is 0. The van der Waals surface area contributed by atoms with E-state index in [1.54, 1.807) is 12.1 Å². The molecule has 2 aliphatic heterocycles. The van der Waals surface area contributed by atoms with Crippen LogP contribution in [0.3, 0.4) is 0 Å². The normalized spacial score (nSPS) is 27.1. The van der Waals surface area contributed by atoms with E-state index in [0.29, 0.717) is 12.0 Å². The van der Waals surface area contributed by atoms with E-state index in [0.717, 1.165) is 5.56 Å². The van der Waals surface area contributed by atoms with Crippen molar-refractivity contribution < 1.29 is 33.6 Å². The number of carbonyl (C=O) groups excluding carboxylic acids is 2. The first-order valence-electron chi connectivity index (χ1n) is 10.5. The molecule has 1 N–H and O–H groups in total. The Morgan fingerprint density at radius 3 is 2.42 bits per heavy atom. The van der Waals surface area contributed by atoms with Gasteiger partial charge in [-0.1, -0.05) is 60.7 Å². The molecule has 0 aliphatic carbocycles. The zero-order chi connectivity index (χ0) is 21.6. The van der Waals surface area contributed by atoms with E-state index in [1.807, 2.05) is 48.5 Å². The number of carbonyl (C=O) groups is 2. The maximum Gasteiger partial charge on any atom is 0.306 e. The Kier molecular flexibility index (Phi) is 7.09. The van der Waals surface area contributed by atoms with Crippen molar-refractivity contribution in [3.63, 3.8) is 0 Å². The molecule has 2 aromatic carbocycles. The zero-order valence-electron chi connectivity index (χ0n) is 17.1. The van der Waals surface area contributed by atoms with Crippen LogP contribution < -0.4 is 0 Å². The lowest BCUT2D eigenvalue weighted by atomic mass is 10.1. The van der Waals surface area contributed by atoms with Crippen LogP contribution in [0.15, 0.2) is 60.7 Å². The number of ether oxygens (including phenoxy) is 4. The van der Waals surface area contributed by atoms with Crippen LogP contribution in [0.25, 0.3) is 0 Å². The Morgan fingerprint density at radius 2 is 1.68 bits per heavy atom. The molecule has 2 saturated heterocycles. The van der Waals surface area contributed by atoms with E-state index in [2.05, 4.69) is 0 Å². The molecular formula is C24H26O7. The Bertz CT molecular complexity index is 870. The third kappa shape index (κ3) is 5.37. The van der Waals surface area contributed by atoms with Gasteiger partial charge in [0, 0.05) is 18.4 Å². The molecule has 7 nitrogen and oxygen atoms in total. The fourth-order valence-corrected chi connectivity index (χ4v) is 3.84. The van der Waals surface area contributed by atoms with E-state index in [4.69, 9.17) is 18.9 Å². The molecule has 2 heterocycles. The van der Waals surface area contributed by atoms with Gasteiger partial charge in [0.2, 0.25) is 0 Å². The fourth-order valence-electron chi connectivity index (χ4n) is 3.84. The summed E-state index contributed by atoms with van der Waals surface area (Å²) in [6, 6.07) is 18.6. The van der Waals surface area contributed by atoms with Crippen LogP contribution in [0.2, 0.25) is 0 Å². The summed E-state index contributed by atoms with van der Waals surface area (Å²) in [7, 11) is 0. The molecule has 0 bridgehead atoms. The molecule has 0 amide bonds. The third-order valence-corrected chi connectivity index (χ3v) is 5.45. The second-order valence-electron chi connectivity index (χ2n) is 7.73. The highest BCUT2D eigenvalue weighted by Gasteiger charge is 2.54. The monoisotopic (exact) mass is 426 g/mol. The minimum absolute atomic E-state index is 0.0102. The van der Waals surface area contributed by atoms with E-state index in [-0.39, 0.29) is 31.8 Å².